The van der Waals surface area contributed by atoms with Crippen LogP contribution >= 0.6 is 0 Å². The number of phenols is 1. The van der Waals surface area contributed by atoms with Gasteiger partial charge in [0.25, 0.3) is 10.1 Å². The van der Waals surface area contributed by atoms with Gasteiger partial charge in [-0.2, -0.15) is 8.42 Å². The summed E-state index contributed by atoms with van der Waals surface area (Å²) in [7, 11) is -9.36. The van der Waals surface area contributed by atoms with Gasteiger partial charge in [0.15, 0.2) is 11.5 Å². The first kappa shape index (κ1) is 56.3. The van der Waals surface area contributed by atoms with Crippen LogP contribution in [-0.4, -0.2) is 68.8 Å². The van der Waals surface area contributed by atoms with Gasteiger partial charge in [0, 0.05) is 0 Å². The summed E-state index contributed by atoms with van der Waals surface area (Å²) in [4.78, 5) is -1.35. The van der Waals surface area contributed by atoms with E-state index < -0.39 is 41.5 Å². The van der Waals surface area contributed by atoms with Crippen molar-refractivity contribution in [3.05, 3.63) is 96.1 Å². The van der Waals surface area contributed by atoms with Crippen LogP contribution in [0.1, 0.15) is 166 Å². The average molecular weight is 935 g/mol. The Kier molecular flexibility index (Phi) is 28.5. The van der Waals surface area contributed by atoms with Gasteiger partial charge in [0.05, 0.1) is 4.90 Å². The third kappa shape index (κ3) is 22.3. The molecule has 0 aliphatic heterocycles. The molecule has 0 saturated heterocycles. The Hall–Kier alpha value is -2.84. The summed E-state index contributed by atoms with van der Waals surface area (Å²) >= 11 is 0. The molecule has 13 heteroatoms. The molecule has 0 radical (unpaired) electrons. The van der Waals surface area contributed by atoms with Crippen LogP contribution in [0.2, 0.25) is 0 Å². The topological polar surface area (TPSA) is 173 Å². The number of aryl methyl sites for hydroxylation is 2. The minimum atomic E-state index is -4.83. The molecule has 0 atom stereocenters. The molecule has 4 aromatic carbocycles. The molecule has 10 nitrogen and oxygen atoms in total. The molecule has 0 bridgehead atoms. The van der Waals surface area contributed by atoms with Crippen LogP contribution in [0.4, 0.5) is 0 Å². The van der Waals surface area contributed by atoms with Crippen molar-refractivity contribution in [2.45, 2.75) is 178 Å². The molecule has 0 fully saturated rings. The third-order valence-electron chi connectivity index (χ3n) is 10.9. The quantitative estimate of drug-likeness (QED) is 0.0291. The van der Waals surface area contributed by atoms with E-state index in [1.807, 2.05) is 30.3 Å². The van der Waals surface area contributed by atoms with Crippen molar-refractivity contribution in [3.63, 3.8) is 0 Å². The molecule has 2 N–H and O–H groups in total. The van der Waals surface area contributed by atoms with Gasteiger partial charge >= 0.3 is 37.7 Å². The minimum absolute atomic E-state index is 0. The fraction of sp³-hybridized carbons (Fsp3) is 0.520. The summed E-state index contributed by atoms with van der Waals surface area (Å²) in [5, 5.41) is 22.5. The fourth-order valence-electron chi connectivity index (χ4n) is 7.38. The second-order valence-electron chi connectivity index (χ2n) is 16.1. The zero-order valence-corrected chi connectivity index (χ0v) is 41.6. The van der Waals surface area contributed by atoms with Crippen molar-refractivity contribution in [2.75, 3.05) is 0 Å². The van der Waals surface area contributed by atoms with Crippen LogP contribution < -0.4 is 14.6 Å². The molecule has 0 amide bonds. The molecule has 4 aromatic rings. The molecule has 0 aliphatic carbocycles. The van der Waals surface area contributed by atoms with E-state index in [0.717, 1.165) is 61.8 Å². The van der Waals surface area contributed by atoms with Gasteiger partial charge in [0.1, 0.15) is 32.3 Å². The van der Waals surface area contributed by atoms with E-state index in [1.54, 1.807) is 18.2 Å². The summed E-state index contributed by atoms with van der Waals surface area (Å²) in [6, 6.07) is 22.7. The molecule has 0 heterocycles. The standard InChI is InChI=1S/2C25H36O5S.Ca/c2*1-2-3-4-5-6-7-8-9-10-11-12-16-21-17-13-14-18-22(21)30-23-19-15-20-24(25(23)26)31(27,28)29;/h2*13-15,17-20,26H,2-12,16H2,1H3,(H,27,28,29);/q;;+2/p-2. The number of hydrogen-bond donors (Lipinski definition) is 2. The maximum absolute atomic E-state index is 12.3. The molecule has 0 aromatic heterocycles. The summed E-state index contributed by atoms with van der Waals surface area (Å²) in [5.74, 6) is -0.536. The van der Waals surface area contributed by atoms with Gasteiger partial charge in [-0.3, -0.25) is 4.55 Å². The number of phenolic OH excluding ortho intramolecular Hbond substituents is 1. The van der Waals surface area contributed by atoms with Crippen LogP contribution in [0, 0.1) is 0 Å². The van der Waals surface area contributed by atoms with E-state index >= 15 is 0 Å². The van der Waals surface area contributed by atoms with Crippen LogP contribution in [0.15, 0.2) is 94.7 Å². The Morgan fingerprint density at radius 2 is 0.794 bits per heavy atom. The number of hydrogen-bond acceptors (Lipinski definition) is 9. The number of unbranched alkanes of at least 4 members (excludes halogenated alkanes) is 20. The Labute approximate surface area is 408 Å². The van der Waals surface area contributed by atoms with E-state index in [0.29, 0.717) is 11.5 Å². The van der Waals surface area contributed by atoms with E-state index in [1.165, 1.54) is 140 Å². The van der Waals surface area contributed by atoms with Crippen LogP contribution in [0.25, 0.3) is 0 Å². The first-order valence-electron chi connectivity index (χ1n) is 22.9. The molecule has 4 rings (SSSR count). The van der Waals surface area contributed by atoms with Crippen molar-refractivity contribution in [3.8, 4) is 34.5 Å². The monoisotopic (exact) mass is 934 g/mol. The summed E-state index contributed by atoms with van der Waals surface area (Å²) < 4.78 is 77.3. The molecule has 344 valence electrons. The Bertz CT molecular complexity index is 1940. The molecule has 0 unspecified atom stereocenters. The smallest absolute Gasteiger partial charge is 0.869 e. The van der Waals surface area contributed by atoms with Gasteiger partial charge in [-0.05, 0) is 79.0 Å². The van der Waals surface area contributed by atoms with Gasteiger partial charge < -0.3 is 24.2 Å². The summed E-state index contributed by atoms with van der Waals surface area (Å²) in [5.41, 5.74) is 1.98. The zero-order chi connectivity index (χ0) is 45.1. The maximum Gasteiger partial charge on any atom is 2.00 e. The van der Waals surface area contributed by atoms with Crippen molar-refractivity contribution in [2.24, 2.45) is 0 Å². The first-order valence-corrected chi connectivity index (χ1v) is 25.8. The zero-order valence-electron chi connectivity index (χ0n) is 37.7. The molecular formula is C50H70CaO10S2. The van der Waals surface area contributed by atoms with Gasteiger partial charge in [0.2, 0.25) is 0 Å². The molecule has 0 spiro atoms. The number of aromatic hydroxyl groups is 1. The van der Waals surface area contributed by atoms with E-state index in [4.69, 9.17) is 9.47 Å². The van der Waals surface area contributed by atoms with Crippen LogP contribution in [0.5, 0.6) is 34.5 Å². The number of ether oxygens (including phenoxy) is 2. The van der Waals surface area contributed by atoms with Gasteiger partial charge in [-0.1, -0.05) is 191 Å². The SMILES string of the molecule is CCCCCCCCCCCCCc1ccccc1Oc1cccc(S(=O)(=O)O)c1O.CCCCCCCCCCCCCc1ccccc1Oc1cccc(S(=O)(=O)[O-])c1[O-].[Ca+2]. The van der Waals surface area contributed by atoms with Crippen molar-refractivity contribution < 1.29 is 45.6 Å². The van der Waals surface area contributed by atoms with Crippen molar-refractivity contribution in [1.29, 1.82) is 0 Å². The van der Waals surface area contributed by atoms with E-state index in [-0.39, 0.29) is 49.2 Å². The second-order valence-corrected chi connectivity index (χ2v) is 18.8. The Morgan fingerprint density at radius 1 is 0.460 bits per heavy atom. The number of benzene rings is 4. The van der Waals surface area contributed by atoms with E-state index in [2.05, 4.69) is 13.8 Å². The van der Waals surface area contributed by atoms with Gasteiger partial charge in [-0.25, -0.2) is 8.42 Å². The fourth-order valence-corrected chi connectivity index (χ4v) is 8.55. The average Bonchev–Trinajstić information content (AvgIpc) is 3.24. The first-order chi connectivity index (χ1) is 29.9. The maximum atomic E-state index is 12.3. The Balaban J connectivity index is 0.000000427. The minimum Gasteiger partial charge on any atom is -0.869 e. The largest absolute Gasteiger partial charge is 2.00 e. The number of para-hydroxylation sites is 4. The molecule has 0 aliphatic rings. The predicted molar refractivity (Wildman–Crippen MR) is 251 cm³/mol. The normalized spacial score (nSPS) is 11.4. The van der Waals surface area contributed by atoms with Crippen LogP contribution in [0.3, 0.4) is 0 Å². The second kappa shape index (κ2) is 31.9. The van der Waals surface area contributed by atoms with Crippen LogP contribution in [-0.2, 0) is 33.1 Å². The predicted octanol–water partition coefficient (Wildman–Crippen LogP) is 13.2. The summed E-state index contributed by atoms with van der Waals surface area (Å²) in [6.45, 7) is 4.49. The van der Waals surface area contributed by atoms with Gasteiger partial charge in [-0.15, -0.1) is 0 Å². The third-order valence-corrected chi connectivity index (χ3v) is 12.7. The van der Waals surface area contributed by atoms with Crippen molar-refractivity contribution >= 4 is 58.0 Å². The number of rotatable bonds is 30. The molecular weight excluding hydrogens is 865 g/mol. The molecule has 63 heavy (non-hydrogen) atoms. The van der Waals surface area contributed by atoms with E-state index in [9.17, 15) is 36.2 Å². The van der Waals surface area contributed by atoms with Crippen molar-refractivity contribution in [1.82, 2.24) is 0 Å². The molecule has 0 saturated carbocycles. The summed E-state index contributed by atoms with van der Waals surface area (Å²) in [6.07, 6.45) is 29.8. The Morgan fingerprint density at radius 3 is 1.19 bits per heavy atom.